The third-order valence-electron chi connectivity index (χ3n) is 3.94. The molecule has 1 aromatic rings. The molecule has 2 rings (SSSR count). The monoisotopic (exact) mass is 248 g/mol. The molecule has 0 saturated carbocycles. The van der Waals surface area contributed by atoms with Gasteiger partial charge in [-0.2, -0.15) is 0 Å². The summed E-state index contributed by atoms with van der Waals surface area (Å²) in [5.41, 5.74) is 15.2. The summed E-state index contributed by atoms with van der Waals surface area (Å²) >= 11 is 0. The van der Waals surface area contributed by atoms with Crippen LogP contribution in [-0.4, -0.2) is 13.7 Å². The maximum absolute atomic E-state index is 5.70. The van der Waals surface area contributed by atoms with Crippen molar-refractivity contribution in [2.24, 2.45) is 17.4 Å². The van der Waals surface area contributed by atoms with Gasteiger partial charge in [-0.15, -0.1) is 0 Å². The van der Waals surface area contributed by atoms with Gasteiger partial charge in [0.15, 0.2) is 0 Å². The highest BCUT2D eigenvalue weighted by molar-refractivity contribution is 5.38. The summed E-state index contributed by atoms with van der Waals surface area (Å²) in [6.07, 6.45) is 4.87. The first-order chi connectivity index (χ1) is 8.80. The number of hydrogen-bond donors (Lipinski definition) is 2. The van der Waals surface area contributed by atoms with Crippen LogP contribution in [0.4, 0.5) is 0 Å². The van der Waals surface area contributed by atoms with E-state index in [0.29, 0.717) is 12.5 Å². The summed E-state index contributed by atoms with van der Waals surface area (Å²) < 4.78 is 5.69. The first-order valence-electron chi connectivity index (χ1n) is 6.84. The van der Waals surface area contributed by atoms with E-state index in [1.807, 2.05) is 7.11 Å². The van der Waals surface area contributed by atoms with Crippen LogP contribution in [0.25, 0.3) is 0 Å². The fourth-order valence-electron chi connectivity index (χ4n) is 3.01. The molecule has 100 valence electrons. The molecule has 3 heteroatoms. The number of ether oxygens (including phenoxy) is 1. The van der Waals surface area contributed by atoms with Crippen LogP contribution in [0.5, 0.6) is 0 Å². The van der Waals surface area contributed by atoms with Crippen molar-refractivity contribution in [2.75, 3.05) is 13.7 Å². The Kier molecular flexibility index (Phi) is 4.75. The smallest absolute Gasteiger partial charge is 0.0855 e. The summed E-state index contributed by atoms with van der Waals surface area (Å²) in [6, 6.07) is 6.55. The average Bonchev–Trinajstić information content (AvgIpc) is 2.75. The van der Waals surface area contributed by atoms with Crippen LogP contribution in [0.3, 0.4) is 0 Å². The molecule has 0 fully saturated rings. The van der Waals surface area contributed by atoms with Crippen molar-refractivity contribution >= 4 is 0 Å². The second kappa shape index (κ2) is 6.32. The molecule has 1 aromatic carbocycles. The lowest BCUT2D eigenvalue weighted by molar-refractivity contribution is 0.0584. The van der Waals surface area contributed by atoms with Crippen LogP contribution in [0.2, 0.25) is 0 Å². The largest absolute Gasteiger partial charge is 0.376 e. The predicted octanol–water partition coefficient (Wildman–Crippen LogP) is 2.13. The van der Waals surface area contributed by atoms with Crippen molar-refractivity contribution < 1.29 is 4.74 Å². The van der Waals surface area contributed by atoms with E-state index in [0.717, 1.165) is 19.4 Å². The molecule has 0 saturated heterocycles. The van der Waals surface area contributed by atoms with E-state index < -0.39 is 0 Å². The fraction of sp³-hybridized carbons (Fsp3) is 0.600. The number of methoxy groups -OCH3 is 1. The van der Waals surface area contributed by atoms with Crippen LogP contribution in [0.1, 0.15) is 42.1 Å². The summed E-state index contributed by atoms with van der Waals surface area (Å²) in [6.45, 7) is 1.40. The lowest BCUT2D eigenvalue weighted by Crippen LogP contribution is -2.10. The normalized spacial score (nSPS) is 22.2. The average molecular weight is 248 g/mol. The quantitative estimate of drug-likeness (QED) is 0.758. The molecule has 1 aliphatic carbocycles. The molecule has 0 heterocycles. The number of hydrogen-bond acceptors (Lipinski definition) is 3. The Morgan fingerprint density at radius 1 is 1.28 bits per heavy atom. The van der Waals surface area contributed by atoms with Gasteiger partial charge in [0.05, 0.1) is 6.10 Å². The summed E-state index contributed by atoms with van der Waals surface area (Å²) in [7, 11) is 1.81. The SMILES string of the molecule is COC1c2ccc(CN)cc2CC1CCCCN. The molecule has 0 aliphatic heterocycles. The molecule has 4 N–H and O–H groups in total. The van der Waals surface area contributed by atoms with Gasteiger partial charge in [0.1, 0.15) is 0 Å². The van der Waals surface area contributed by atoms with E-state index in [2.05, 4.69) is 18.2 Å². The van der Waals surface area contributed by atoms with Gasteiger partial charge in [0.25, 0.3) is 0 Å². The molecular formula is C15H24N2O. The molecule has 0 aromatic heterocycles. The van der Waals surface area contributed by atoms with Crippen molar-refractivity contribution in [1.29, 1.82) is 0 Å². The summed E-state index contributed by atoms with van der Waals surface area (Å²) in [5.74, 6) is 0.601. The van der Waals surface area contributed by atoms with Crippen LogP contribution in [-0.2, 0) is 17.7 Å². The molecule has 0 bridgehead atoms. The van der Waals surface area contributed by atoms with E-state index >= 15 is 0 Å². The maximum atomic E-state index is 5.70. The first kappa shape index (κ1) is 13.5. The van der Waals surface area contributed by atoms with Crippen molar-refractivity contribution in [3.05, 3.63) is 34.9 Å². The molecule has 1 aliphatic rings. The zero-order valence-electron chi connectivity index (χ0n) is 11.2. The van der Waals surface area contributed by atoms with E-state index in [1.54, 1.807) is 0 Å². The van der Waals surface area contributed by atoms with Crippen molar-refractivity contribution in [3.8, 4) is 0 Å². The van der Waals surface area contributed by atoms with E-state index in [9.17, 15) is 0 Å². The number of rotatable bonds is 6. The zero-order chi connectivity index (χ0) is 13.0. The third-order valence-corrected chi connectivity index (χ3v) is 3.94. The predicted molar refractivity (Wildman–Crippen MR) is 74.2 cm³/mol. The van der Waals surface area contributed by atoms with Crippen LogP contribution < -0.4 is 11.5 Å². The van der Waals surface area contributed by atoms with Gasteiger partial charge in [0.2, 0.25) is 0 Å². The molecule has 3 nitrogen and oxygen atoms in total. The van der Waals surface area contributed by atoms with Gasteiger partial charge < -0.3 is 16.2 Å². The molecule has 0 amide bonds. The Morgan fingerprint density at radius 3 is 2.78 bits per heavy atom. The van der Waals surface area contributed by atoms with Gasteiger partial charge in [-0.3, -0.25) is 0 Å². The first-order valence-corrected chi connectivity index (χ1v) is 6.84. The minimum atomic E-state index is 0.254. The van der Waals surface area contributed by atoms with Crippen LogP contribution in [0.15, 0.2) is 18.2 Å². The van der Waals surface area contributed by atoms with Gasteiger partial charge in [-0.25, -0.2) is 0 Å². The van der Waals surface area contributed by atoms with Gasteiger partial charge in [-0.05, 0) is 48.4 Å². The number of nitrogens with two attached hydrogens (primary N) is 2. The van der Waals surface area contributed by atoms with Crippen LogP contribution in [0, 0.1) is 5.92 Å². The molecule has 0 radical (unpaired) electrons. The van der Waals surface area contributed by atoms with Crippen molar-refractivity contribution in [1.82, 2.24) is 0 Å². The highest BCUT2D eigenvalue weighted by Crippen LogP contribution is 2.41. The topological polar surface area (TPSA) is 61.3 Å². The highest BCUT2D eigenvalue weighted by Gasteiger charge is 2.31. The Balaban J connectivity index is 2.09. The lowest BCUT2D eigenvalue weighted by Gasteiger charge is -2.18. The van der Waals surface area contributed by atoms with E-state index in [1.165, 1.54) is 29.5 Å². The Bertz CT molecular complexity index is 392. The van der Waals surface area contributed by atoms with Crippen molar-refractivity contribution in [2.45, 2.75) is 38.3 Å². The van der Waals surface area contributed by atoms with Gasteiger partial charge in [0, 0.05) is 13.7 Å². The number of unbranched alkanes of at least 4 members (excludes halogenated alkanes) is 1. The Labute approximate surface area is 110 Å². The van der Waals surface area contributed by atoms with E-state index in [-0.39, 0.29) is 6.10 Å². The third kappa shape index (κ3) is 2.74. The lowest BCUT2D eigenvalue weighted by atomic mass is 9.96. The molecule has 2 atom stereocenters. The second-order valence-corrected chi connectivity index (χ2v) is 5.14. The molecule has 18 heavy (non-hydrogen) atoms. The highest BCUT2D eigenvalue weighted by atomic mass is 16.5. The zero-order valence-corrected chi connectivity index (χ0v) is 11.2. The molecule has 0 spiro atoms. The van der Waals surface area contributed by atoms with Gasteiger partial charge in [-0.1, -0.05) is 24.6 Å². The van der Waals surface area contributed by atoms with Crippen LogP contribution >= 0.6 is 0 Å². The Hall–Kier alpha value is -0.900. The summed E-state index contributed by atoms with van der Waals surface area (Å²) in [4.78, 5) is 0. The fourth-order valence-corrected chi connectivity index (χ4v) is 3.01. The minimum Gasteiger partial charge on any atom is -0.376 e. The Morgan fingerprint density at radius 2 is 2.11 bits per heavy atom. The minimum absolute atomic E-state index is 0.254. The summed E-state index contributed by atoms with van der Waals surface area (Å²) in [5, 5.41) is 0. The molecular weight excluding hydrogens is 224 g/mol. The van der Waals surface area contributed by atoms with Crippen molar-refractivity contribution in [3.63, 3.8) is 0 Å². The standard InChI is InChI=1S/C15H24N2O/c1-18-15-12(4-2-3-7-16)9-13-8-11(10-17)5-6-14(13)15/h5-6,8,12,15H,2-4,7,9-10,16-17H2,1H3. The number of benzene rings is 1. The van der Waals surface area contributed by atoms with Gasteiger partial charge >= 0.3 is 0 Å². The number of fused-ring (bicyclic) bond motifs is 1. The van der Waals surface area contributed by atoms with E-state index in [4.69, 9.17) is 16.2 Å². The molecule has 2 unspecified atom stereocenters. The second-order valence-electron chi connectivity index (χ2n) is 5.14. The maximum Gasteiger partial charge on any atom is 0.0855 e.